The van der Waals surface area contributed by atoms with E-state index in [-0.39, 0.29) is 5.54 Å². The summed E-state index contributed by atoms with van der Waals surface area (Å²) < 4.78 is 0. The molecule has 1 aromatic carbocycles. The van der Waals surface area contributed by atoms with Gasteiger partial charge >= 0.3 is 0 Å². The maximum absolute atomic E-state index is 9.49. The number of nitrogens with zero attached hydrogens (tertiary/aromatic N) is 1. The van der Waals surface area contributed by atoms with Crippen LogP contribution in [0.1, 0.15) is 37.7 Å². The predicted octanol–water partition coefficient (Wildman–Crippen LogP) is 3.65. The second-order valence-corrected chi connectivity index (χ2v) is 7.28. The minimum Gasteiger partial charge on any atom is -0.297 e. The fraction of sp³-hybridized carbons (Fsp3) is 0.562. The van der Waals surface area contributed by atoms with Crippen molar-refractivity contribution in [1.29, 1.82) is 5.26 Å². The van der Waals surface area contributed by atoms with E-state index < -0.39 is 0 Å². The zero-order valence-electron chi connectivity index (χ0n) is 11.4. The summed E-state index contributed by atoms with van der Waals surface area (Å²) in [6.45, 7) is 2.12. The lowest BCUT2D eigenvalue weighted by atomic mass is 10.00. The van der Waals surface area contributed by atoms with Crippen molar-refractivity contribution in [1.82, 2.24) is 5.32 Å². The molecule has 3 heteroatoms. The minimum absolute atomic E-state index is 0.246. The van der Waals surface area contributed by atoms with Gasteiger partial charge in [-0.25, -0.2) is 0 Å². The number of nitrogens with one attached hydrogen (secondary N) is 1. The predicted molar refractivity (Wildman–Crippen MR) is 79.2 cm³/mol. The first-order valence-corrected chi connectivity index (χ1v) is 7.99. The Bertz CT molecular complexity index is 486. The highest BCUT2D eigenvalue weighted by molar-refractivity contribution is 8.00. The molecular formula is C16H20N2S. The van der Waals surface area contributed by atoms with Gasteiger partial charge in [0.05, 0.1) is 6.07 Å². The maximum Gasteiger partial charge on any atom is 0.108 e. The fourth-order valence-electron chi connectivity index (χ4n) is 2.79. The molecule has 2 nitrogen and oxygen atoms in total. The summed E-state index contributed by atoms with van der Waals surface area (Å²) in [6, 6.07) is 11.9. The lowest BCUT2D eigenvalue weighted by Crippen LogP contribution is -2.43. The Labute approximate surface area is 119 Å². The number of nitriles is 1. The summed E-state index contributed by atoms with van der Waals surface area (Å²) in [5.74, 6) is 0. The fourth-order valence-corrected chi connectivity index (χ4v) is 4.08. The summed E-state index contributed by atoms with van der Waals surface area (Å²) in [5.41, 5.74) is 1.06. The Morgan fingerprint density at radius 2 is 2.00 bits per heavy atom. The molecule has 3 rings (SSSR count). The largest absolute Gasteiger partial charge is 0.297 e. The van der Waals surface area contributed by atoms with Gasteiger partial charge in [0.1, 0.15) is 5.54 Å². The summed E-state index contributed by atoms with van der Waals surface area (Å²) in [6.07, 6.45) is 5.63. The van der Waals surface area contributed by atoms with Crippen LogP contribution in [-0.4, -0.2) is 16.8 Å². The zero-order chi connectivity index (χ0) is 13.3. The SMILES string of the molecule is Cc1ccc(SC2CCC(C#N)(NC3CC3)C2)cc1. The van der Waals surface area contributed by atoms with Crippen LogP contribution in [0.4, 0.5) is 0 Å². The topological polar surface area (TPSA) is 35.8 Å². The Morgan fingerprint density at radius 1 is 1.26 bits per heavy atom. The first-order chi connectivity index (χ1) is 9.19. The third-order valence-electron chi connectivity index (χ3n) is 4.06. The highest BCUT2D eigenvalue weighted by Crippen LogP contribution is 2.41. The molecule has 0 spiro atoms. The highest BCUT2D eigenvalue weighted by atomic mass is 32.2. The molecule has 0 radical (unpaired) electrons. The van der Waals surface area contributed by atoms with E-state index in [9.17, 15) is 5.26 Å². The van der Waals surface area contributed by atoms with Gasteiger partial charge < -0.3 is 0 Å². The maximum atomic E-state index is 9.49. The van der Waals surface area contributed by atoms with E-state index >= 15 is 0 Å². The molecule has 100 valence electrons. The molecule has 0 amide bonds. The summed E-state index contributed by atoms with van der Waals surface area (Å²) >= 11 is 1.93. The van der Waals surface area contributed by atoms with Gasteiger partial charge in [0.25, 0.3) is 0 Å². The third-order valence-corrected chi connectivity index (χ3v) is 5.34. The van der Waals surface area contributed by atoms with Gasteiger partial charge in [-0.15, -0.1) is 11.8 Å². The molecular weight excluding hydrogens is 252 g/mol. The number of benzene rings is 1. The van der Waals surface area contributed by atoms with E-state index in [2.05, 4.69) is 42.6 Å². The summed E-state index contributed by atoms with van der Waals surface area (Å²) in [5, 5.41) is 13.6. The number of hydrogen-bond donors (Lipinski definition) is 1. The Morgan fingerprint density at radius 3 is 2.63 bits per heavy atom. The molecule has 1 N–H and O–H groups in total. The van der Waals surface area contributed by atoms with Crippen LogP contribution >= 0.6 is 11.8 Å². The molecule has 2 saturated carbocycles. The molecule has 2 unspecified atom stereocenters. The number of aryl methyl sites for hydroxylation is 1. The molecule has 0 saturated heterocycles. The van der Waals surface area contributed by atoms with Gasteiger partial charge in [0.15, 0.2) is 0 Å². The van der Waals surface area contributed by atoms with Gasteiger partial charge in [-0.05, 0) is 51.2 Å². The van der Waals surface area contributed by atoms with Crippen LogP contribution in [0.25, 0.3) is 0 Å². The minimum atomic E-state index is -0.246. The first-order valence-electron chi connectivity index (χ1n) is 7.11. The van der Waals surface area contributed by atoms with Crippen molar-refractivity contribution in [3.8, 4) is 6.07 Å². The van der Waals surface area contributed by atoms with E-state index in [1.807, 2.05) is 11.8 Å². The quantitative estimate of drug-likeness (QED) is 0.908. The van der Waals surface area contributed by atoms with E-state index in [0.29, 0.717) is 11.3 Å². The van der Waals surface area contributed by atoms with Crippen molar-refractivity contribution in [2.75, 3.05) is 0 Å². The van der Waals surface area contributed by atoms with Crippen LogP contribution in [0.5, 0.6) is 0 Å². The molecule has 0 aromatic heterocycles. The van der Waals surface area contributed by atoms with Gasteiger partial charge in [0, 0.05) is 16.2 Å². The van der Waals surface area contributed by atoms with Crippen LogP contribution < -0.4 is 5.32 Å². The molecule has 2 atom stereocenters. The van der Waals surface area contributed by atoms with Gasteiger partial charge in [-0.3, -0.25) is 5.32 Å². The van der Waals surface area contributed by atoms with Crippen molar-refractivity contribution in [2.24, 2.45) is 0 Å². The lowest BCUT2D eigenvalue weighted by molar-refractivity contribution is 0.420. The molecule has 1 aromatic rings. The Hall–Kier alpha value is -0.980. The summed E-state index contributed by atoms with van der Waals surface area (Å²) in [7, 11) is 0. The Kier molecular flexibility index (Phi) is 3.56. The molecule has 0 aliphatic heterocycles. The van der Waals surface area contributed by atoms with Gasteiger partial charge in [0.2, 0.25) is 0 Å². The number of thioether (sulfide) groups is 1. The molecule has 2 fully saturated rings. The van der Waals surface area contributed by atoms with Crippen molar-refractivity contribution in [2.45, 2.75) is 60.8 Å². The van der Waals surface area contributed by atoms with E-state index in [1.165, 1.54) is 23.3 Å². The number of rotatable bonds is 4. The second-order valence-electron chi connectivity index (χ2n) is 5.91. The van der Waals surface area contributed by atoms with Crippen LogP contribution in [0.15, 0.2) is 29.2 Å². The zero-order valence-corrected chi connectivity index (χ0v) is 12.2. The van der Waals surface area contributed by atoms with E-state index in [1.54, 1.807) is 0 Å². The van der Waals surface area contributed by atoms with Crippen LogP contribution in [0.2, 0.25) is 0 Å². The molecule has 19 heavy (non-hydrogen) atoms. The van der Waals surface area contributed by atoms with Crippen molar-refractivity contribution < 1.29 is 0 Å². The van der Waals surface area contributed by atoms with Crippen molar-refractivity contribution in [3.63, 3.8) is 0 Å². The number of hydrogen-bond acceptors (Lipinski definition) is 3. The lowest BCUT2D eigenvalue weighted by Gasteiger charge is -2.22. The van der Waals surface area contributed by atoms with Gasteiger partial charge in [-0.2, -0.15) is 5.26 Å². The van der Waals surface area contributed by atoms with E-state index in [4.69, 9.17) is 0 Å². The second kappa shape index (κ2) is 5.19. The monoisotopic (exact) mass is 272 g/mol. The van der Waals surface area contributed by atoms with Crippen molar-refractivity contribution >= 4 is 11.8 Å². The average molecular weight is 272 g/mol. The van der Waals surface area contributed by atoms with Crippen LogP contribution in [-0.2, 0) is 0 Å². The molecule has 0 heterocycles. The first kappa shape index (κ1) is 13.0. The normalized spacial score (nSPS) is 30.2. The average Bonchev–Trinajstić information content (AvgIpc) is 3.13. The molecule has 0 bridgehead atoms. The van der Waals surface area contributed by atoms with E-state index in [0.717, 1.165) is 19.3 Å². The standard InChI is InChI=1S/C16H20N2S/c1-12-2-6-14(7-3-12)19-15-8-9-16(10-15,11-17)18-13-4-5-13/h2-3,6-7,13,15,18H,4-5,8-10H2,1H3. The van der Waals surface area contributed by atoms with Crippen molar-refractivity contribution in [3.05, 3.63) is 29.8 Å². The molecule has 2 aliphatic rings. The summed E-state index contributed by atoms with van der Waals surface area (Å²) in [4.78, 5) is 1.33. The third kappa shape index (κ3) is 3.13. The highest BCUT2D eigenvalue weighted by Gasteiger charge is 2.42. The van der Waals surface area contributed by atoms with Gasteiger partial charge in [-0.1, -0.05) is 17.7 Å². The van der Waals surface area contributed by atoms with Crippen LogP contribution in [0, 0.1) is 18.3 Å². The Balaban J connectivity index is 1.61. The smallest absolute Gasteiger partial charge is 0.108 e. The van der Waals surface area contributed by atoms with Crippen LogP contribution in [0.3, 0.4) is 0 Å². The molecule has 2 aliphatic carbocycles.